The Hall–Kier alpha value is -2.93. The SMILES string of the molecule is Cc1ccc(NC(=O)CSc2nccn(-c3cccc(F)c3)c2=O)c(C)c1. The van der Waals surface area contributed by atoms with Gasteiger partial charge in [0.15, 0.2) is 5.03 Å². The van der Waals surface area contributed by atoms with Gasteiger partial charge in [-0.05, 0) is 43.7 Å². The maximum Gasteiger partial charge on any atom is 0.287 e. The molecule has 138 valence electrons. The van der Waals surface area contributed by atoms with Gasteiger partial charge in [-0.3, -0.25) is 14.2 Å². The van der Waals surface area contributed by atoms with Crippen LogP contribution in [0, 0.1) is 19.7 Å². The zero-order valence-corrected chi connectivity index (χ0v) is 15.7. The van der Waals surface area contributed by atoms with E-state index in [9.17, 15) is 14.0 Å². The number of rotatable bonds is 5. The summed E-state index contributed by atoms with van der Waals surface area (Å²) in [5.41, 5.74) is 2.84. The maximum atomic E-state index is 13.4. The van der Waals surface area contributed by atoms with Gasteiger partial charge in [0, 0.05) is 18.1 Å². The molecule has 1 amide bonds. The first-order chi connectivity index (χ1) is 12.9. The van der Waals surface area contributed by atoms with E-state index in [4.69, 9.17) is 0 Å². The largest absolute Gasteiger partial charge is 0.325 e. The van der Waals surface area contributed by atoms with Crippen LogP contribution in [0.3, 0.4) is 0 Å². The number of nitrogens with zero attached hydrogens (tertiary/aromatic N) is 2. The molecule has 0 spiro atoms. The van der Waals surface area contributed by atoms with E-state index in [1.165, 1.54) is 35.2 Å². The molecule has 1 heterocycles. The van der Waals surface area contributed by atoms with Crippen molar-refractivity contribution < 1.29 is 9.18 Å². The zero-order valence-electron chi connectivity index (χ0n) is 14.9. The van der Waals surface area contributed by atoms with E-state index < -0.39 is 11.4 Å². The van der Waals surface area contributed by atoms with Crippen molar-refractivity contribution in [3.8, 4) is 5.69 Å². The van der Waals surface area contributed by atoms with Crippen LogP contribution in [-0.2, 0) is 4.79 Å². The van der Waals surface area contributed by atoms with Crippen molar-refractivity contribution in [1.82, 2.24) is 9.55 Å². The molecule has 0 saturated heterocycles. The number of thioether (sulfide) groups is 1. The van der Waals surface area contributed by atoms with E-state index in [2.05, 4.69) is 10.3 Å². The summed E-state index contributed by atoms with van der Waals surface area (Å²) in [5, 5.41) is 3.01. The third-order valence-electron chi connectivity index (χ3n) is 3.89. The number of carbonyl (C=O) groups excluding carboxylic acids is 1. The van der Waals surface area contributed by atoms with Crippen LogP contribution < -0.4 is 10.9 Å². The number of nitrogens with one attached hydrogen (secondary N) is 1. The molecule has 5 nitrogen and oxygen atoms in total. The van der Waals surface area contributed by atoms with E-state index >= 15 is 0 Å². The molecule has 0 atom stereocenters. The van der Waals surface area contributed by atoms with Crippen LogP contribution >= 0.6 is 11.8 Å². The van der Waals surface area contributed by atoms with Gasteiger partial charge in [0.2, 0.25) is 5.91 Å². The molecular formula is C20H18FN3O2S. The fourth-order valence-electron chi connectivity index (χ4n) is 2.60. The fourth-order valence-corrected chi connectivity index (χ4v) is 3.29. The lowest BCUT2D eigenvalue weighted by molar-refractivity contribution is -0.113. The Morgan fingerprint density at radius 3 is 2.78 bits per heavy atom. The quantitative estimate of drug-likeness (QED) is 0.682. The first-order valence-electron chi connectivity index (χ1n) is 8.27. The normalized spacial score (nSPS) is 10.6. The van der Waals surface area contributed by atoms with Crippen LogP contribution in [0.15, 0.2) is 64.7 Å². The number of carbonyl (C=O) groups is 1. The van der Waals surface area contributed by atoms with Gasteiger partial charge in [-0.2, -0.15) is 0 Å². The molecule has 7 heteroatoms. The molecule has 2 aromatic carbocycles. The first-order valence-corrected chi connectivity index (χ1v) is 9.26. The summed E-state index contributed by atoms with van der Waals surface area (Å²) in [4.78, 5) is 28.8. The van der Waals surface area contributed by atoms with Gasteiger partial charge in [-0.15, -0.1) is 0 Å². The Kier molecular flexibility index (Phi) is 5.71. The number of aromatic nitrogens is 2. The van der Waals surface area contributed by atoms with Crippen LogP contribution in [-0.4, -0.2) is 21.2 Å². The highest BCUT2D eigenvalue weighted by Crippen LogP contribution is 2.18. The van der Waals surface area contributed by atoms with Gasteiger partial charge >= 0.3 is 0 Å². The minimum Gasteiger partial charge on any atom is -0.325 e. The first kappa shape index (κ1) is 18.8. The molecule has 3 aromatic rings. The Bertz CT molecular complexity index is 1050. The molecule has 0 radical (unpaired) electrons. The summed E-state index contributed by atoms with van der Waals surface area (Å²) >= 11 is 1.05. The summed E-state index contributed by atoms with van der Waals surface area (Å²) in [6.07, 6.45) is 2.92. The summed E-state index contributed by atoms with van der Waals surface area (Å²) in [6, 6.07) is 11.5. The van der Waals surface area contributed by atoms with E-state index in [0.717, 1.165) is 28.6 Å². The lowest BCUT2D eigenvalue weighted by Gasteiger charge is -2.09. The number of benzene rings is 2. The Morgan fingerprint density at radius 2 is 2.04 bits per heavy atom. The zero-order chi connectivity index (χ0) is 19.4. The van der Waals surface area contributed by atoms with Crippen LogP contribution in [0.2, 0.25) is 0 Å². The number of hydrogen-bond acceptors (Lipinski definition) is 4. The fraction of sp³-hybridized carbons (Fsp3) is 0.150. The summed E-state index contributed by atoms with van der Waals surface area (Å²) in [6.45, 7) is 3.91. The minimum atomic E-state index is -0.432. The van der Waals surface area contributed by atoms with Crippen LogP contribution in [0.5, 0.6) is 0 Å². The highest BCUT2D eigenvalue weighted by molar-refractivity contribution is 7.99. The van der Waals surface area contributed by atoms with Crippen molar-refractivity contribution >= 4 is 23.4 Å². The number of aryl methyl sites for hydroxylation is 2. The lowest BCUT2D eigenvalue weighted by Crippen LogP contribution is -2.22. The molecule has 0 aliphatic carbocycles. The predicted octanol–water partition coefficient (Wildman–Crippen LogP) is 3.72. The molecule has 0 unspecified atom stereocenters. The molecule has 1 aromatic heterocycles. The van der Waals surface area contributed by atoms with E-state index in [1.807, 2.05) is 32.0 Å². The van der Waals surface area contributed by atoms with Crippen LogP contribution in [0.4, 0.5) is 10.1 Å². The highest BCUT2D eigenvalue weighted by Gasteiger charge is 2.11. The van der Waals surface area contributed by atoms with Crippen molar-refractivity contribution in [3.05, 3.63) is 82.2 Å². The molecule has 0 saturated carbocycles. The van der Waals surface area contributed by atoms with Crippen molar-refractivity contribution in [3.63, 3.8) is 0 Å². The van der Waals surface area contributed by atoms with E-state index in [-0.39, 0.29) is 16.7 Å². The van der Waals surface area contributed by atoms with E-state index in [1.54, 1.807) is 6.07 Å². The topological polar surface area (TPSA) is 64.0 Å². The third kappa shape index (κ3) is 4.62. The second-order valence-corrected chi connectivity index (χ2v) is 7.01. The number of anilines is 1. The van der Waals surface area contributed by atoms with Gasteiger partial charge in [0.05, 0.1) is 11.4 Å². The number of halogens is 1. The van der Waals surface area contributed by atoms with Gasteiger partial charge < -0.3 is 5.32 Å². The van der Waals surface area contributed by atoms with Gasteiger partial charge in [-0.1, -0.05) is 35.5 Å². The van der Waals surface area contributed by atoms with Gasteiger partial charge in [0.1, 0.15) is 5.82 Å². The molecule has 3 rings (SSSR count). The average molecular weight is 383 g/mol. The van der Waals surface area contributed by atoms with Crippen molar-refractivity contribution in [2.75, 3.05) is 11.1 Å². The lowest BCUT2D eigenvalue weighted by atomic mass is 10.1. The van der Waals surface area contributed by atoms with Crippen molar-refractivity contribution in [1.29, 1.82) is 0 Å². The Labute approximate surface area is 160 Å². The molecule has 1 N–H and O–H groups in total. The van der Waals surface area contributed by atoms with Gasteiger partial charge in [0.25, 0.3) is 5.56 Å². The Balaban J connectivity index is 1.72. The van der Waals surface area contributed by atoms with Crippen molar-refractivity contribution in [2.24, 2.45) is 0 Å². The molecule has 27 heavy (non-hydrogen) atoms. The maximum absolute atomic E-state index is 13.4. The second-order valence-electron chi connectivity index (χ2n) is 6.04. The highest BCUT2D eigenvalue weighted by atomic mass is 32.2. The standard InChI is InChI=1S/C20H18FN3O2S/c1-13-6-7-17(14(2)10-13)23-18(25)12-27-19-20(26)24(9-8-22-19)16-5-3-4-15(21)11-16/h3-11H,12H2,1-2H3,(H,23,25). The van der Waals surface area contributed by atoms with Gasteiger partial charge in [-0.25, -0.2) is 9.37 Å². The Morgan fingerprint density at radius 1 is 1.22 bits per heavy atom. The predicted molar refractivity (Wildman–Crippen MR) is 105 cm³/mol. The summed E-state index contributed by atoms with van der Waals surface area (Å²) in [5.74, 6) is -0.615. The van der Waals surface area contributed by atoms with Crippen LogP contribution in [0.25, 0.3) is 5.69 Å². The number of hydrogen-bond donors (Lipinski definition) is 1. The van der Waals surface area contributed by atoms with Crippen molar-refractivity contribution in [2.45, 2.75) is 18.9 Å². The minimum absolute atomic E-state index is 0.0444. The molecular weight excluding hydrogens is 365 g/mol. The number of amides is 1. The van der Waals surface area contributed by atoms with Crippen LogP contribution in [0.1, 0.15) is 11.1 Å². The molecule has 0 bridgehead atoms. The smallest absolute Gasteiger partial charge is 0.287 e. The molecule has 0 fully saturated rings. The second kappa shape index (κ2) is 8.18. The average Bonchev–Trinajstić information content (AvgIpc) is 2.63. The summed E-state index contributed by atoms with van der Waals surface area (Å²) in [7, 11) is 0. The summed E-state index contributed by atoms with van der Waals surface area (Å²) < 4.78 is 14.7. The monoisotopic (exact) mass is 383 g/mol. The third-order valence-corrected chi connectivity index (χ3v) is 4.85. The van der Waals surface area contributed by atoms with E-state index in [0.29, 0.717) is 5.69 Å². The molecule has 0 aliphatic rings. The molecule has 0 aliphatic heterocycles.